The summed E-state index contributed by atoms with van der Waals surface area (Å²) in [5.74, 6) is -2.30. The maximum Gasteiger partial charge on any atom is 0.308 e. The number of carboxylic acids is 1. The Morgan fingerprint density at radius 2 is 1.76 bits per heavy atom. The highest BCUT2D eigenvalue weighted by Gasteiger charge is 2.32. The zero-order valence-corrected chi connectivity index (χ0v) is 15.2. The number of sulfonamides is 1. The molecule has 1 amide bonds. The van der Waals surface area contributed by atoms with Gasteiger partial charge in [-0.15, -0.1) is 0 Å². The monoisotopic (exact) mass is 368 g/mol. The number of nitrogens with zero attached hydrogens (tertiary/aromatic N) is 1. The SMILES string of the molecule is CC(C(=O)O)C(NC(=O)C1CCN(S(C)(=O)=O)CC1)c1ccccc1. The fraction of sp³-hybridized carbons (Fsp3) is 0.529. The summed E-state index contributed by atoms with van der Waals surface area (Å²) in [5, 5.41) is 12.2. The predicted molar refractivity (Wildman–Crippen MR) is 93.3 cm³/mol. The van der Waals surface area contributed by atoms with Gasteiger partial charge in [0.1, 0.15) is 0 Å². The van der Waals surface area contributed by atoms with Gasteiger partial charge in [0.25, 0.3) is 0 Å². The summed E-state index contributed by atoms with van der Waals surface area (Å²) < 4.78 is 24.5. The Balaban J connectivity index is 2.07. The molecule has 1 aliphatic rings. The Morgan fingerprint density at radius 3 is 2.24 bits per heavy atom. The molecule has 25 heavy (non-hydrogen) atoms. The van der Waals surface area contributed by atoms with Crippen LogP contribution in [-0.4, -0.2) is 49.1 Å². The Morgan fingerprint density at radius 1 is 1.20 bits per heavy atom. The average molecular weight is 368 g/mol. The zero-order valence-electron chi connectivity index (χ0n) is 14.4. The molecule has 1 heterocycles. The van der Waals surface area contributed by atoms with Crippen LogP contribution in [0.4, 0.5) is 0 Å². The first kappa shape index (κ1) is 19.4. The summed E-state index contributed by atoms with van der Waals surface area (Å²) in [7, 11) is -3.24. The van der Waals surface area contributed by atoms with Gasteiger partial charge in [-0.25, -0.2) is 12.7 Å². The van der Waals surface area contributed by atoms with Gasteiger partial charge in [-0.1, -0.05) is 30.3 Å². The van der Waals surface area contributed by atoms with Gasteiger partial charge in [-0.2, -0.15) is 0 Å². The van der Waals surface area contributed by atoms with Crippen LogP contribution in [-0.2, 0) is 19.6 Å². The molecule has 1 aromatic carbocycles. The Hall–Kier alpha value is -1.93. The van der Waals surface area contributed by atoms with Crippen molar-refractivity contribution in [2.45, 2.75) is 25.8 Å². The van der Waals surface area contributed by atoms with E-state index in [1.54, 1.807) is 31.2 Å². The molecule has 0 bridgehead atoms. The molecule has 138 valence electrons. The Labute approximate surface area is 148 Å². The molecule has 7 nitrogen and oxygen atoms in total. The fourth-order valence-electron chi connectivity index (χ4n) is 3.02. The molecule has 1 aromatic rings. The third kappa shape index (κ3) is 5.02. The average Bonchev–Trinajstić information content (AvgIpc) is 2.59. The molecular formula is C17H24N2O5S. The number of carbonyl (C=O) groups excluding carboxylic acids is 1. The molecule has 2 unspecified atom stereocenters. The van der Waals surface area contributed by atoms with Gasteiger partial charge < -0.3 is 10.4 Å². The number of carboxylic acid groups (broad SMARTS) is 1. The highest BCUT2D eigenvalue weighted by atomic mass is 32.2. The van der Waals surface area contributed by atoms with Crippen LogP contribution in [0.15, 0.2) is 30.3 Å². The molecule has 0 aromatic heterocycles. The molecule has 1 saturated heterocycles. The smallest absolute Gasteiger partial charge is 0.308 e. The zero-order chi connectivity index (χ0) is 18.6. The molecule has 2 N–H and O–H groups in total. The van der Waals surface area contributed by atoms with Crippen molar-refractivity contribution in [3.63, 3.8) is 0 Å². The van der Waals surface area contributed by atoms with Gasteiger partial charge in [0.05, 0.1) is 18.2 Å². The van der Waals surface area contributed by atoms with E-state index in [1.165, 1.54) is 4.31 Å². The van der Waals surface area contributed by atoms with Crippen molar-refractivity contribution in [2.24, 2.45) is 11.8 Å². The summed E-state index contributed by atoms with van der Waals surface area (Å²) in [6.45, 7) is 2.18. The summed E-state index contributed by atoms with van der Waals surface area (Å²) >= 11 is 0. The second-order valence-corrected chi connectivity index (χ2v) is 8.44. The molecule has 2 atom stereocenters. The normalized spacial score (nSPS) is 19.1. The number of hydrogen-bond donors (Lipinski definition) is 2. The fourth-order valence-corrected chi connectivity index (χ4v) is 3.89. The van der Waals surface area contributed by atoms with Gasteiger partial charge in [0, 0.05) is 19.0 Å². The molecule has 0 spiro atoms. The van der Waals surface area contributed by atoms with Gasteiger partial charge in [0.2, 0.25) is 15.9 Å². The highest BCUT2D eigenvalue weighted by Crippen LogP contribution is 2.25. The lowest BCUT2D eigenvalue weighted by Crippen LogP contribution is -2.44. The lowest BCUT2D eigenvalue weighted by molar-refractivity contribution is -0.142. The first-order valence-electron chi connectivity index (χ1n) is 8.23. The number of carbonyl (C=O) groups is 2. The second-order valence-electron chi connectivity index (χ2n) is 6.46. The van der Waals surface area contributed by atoms with E-state index in [4.69, 9.17) is 0 Å². The first-order valence-corrected chi connectivity index (χ1v) is 10.1. The van der Waals surface area contributed by atoms with Crippen molar-refractivity contribution < 1.29 is 23.1 Å². The number of amides is 1. The molecule has 2 rings (SSSR count). The second kappa shape index (κ2) is 7.97. The number of nitrogens with one attached hydrogen (secondary N) is 1. The van der Waals surface area contributed by atoms with Crippen molar-refractivity contribution in [3.8, 4) is 0 Å². The van der Waals surface area contributed by atoms with Crippen LogP contribution >= 0.6 is 0 Å². The highest BCUT2D eigenvalue weighted by molar-refractivity contribution is 7.88. The quantitative estimate of drug-likeness (QED) is 0.786. The van der Waals surface area contributed by atoms with Crippen molar-refractivity contribution in [3.05, 3.63) is 35.9 Å². The van der Waals surface area contributed by atoms with E-state index in [0.29, 0.717) is 25.9 Å². The summed E-state index contributed by atoms with van der Waals surface area (Å²) in [5.41, 5.74) is 0.735. The van der Waals surface area contributed by atoms with E-state index in [1.807, 2.05) is 6.07 Å². The lowest BCUT2D eigenvalue weighted by atomic mass is 9.92. The number of aliphatic carboxylic acids is 1. The number of hydrogen-bond acceptors (Lipinski definition) is 4. The van der Waals surface area contributed by atoms with Crippen LogP contribution in [0.2, 0.25) is 0 Å². The van der Waals surface area contributed by atoms with Crippen LogP contribution in [0.3, 0.4) is 0 Å². The van der Waals surface area contributed by atoms with Gasteiger partial charge in [-0.05, 0) is 25.3 Å². The van der Waals surface area contributed by atoms with E-state index in [2.05, 4.69) is 5.32 Å². The van der Waals surface area contributed by atoms with Crippen LogP contribution in [0.25, 0.3) is 0 Å². The largest absolute Gasteiger partial charge is 0.481 e. The summed E-state index contributed by atoms with van der Waals surface area (Å²) in [6, 6.07) is 8.38. The van der Waals surface area contributed by atoms with Crippen LogP contribution in [0.5, 0.6) is 0 Å². The number of piperidine rings is 1. The van der Waals surface area contributed by atoms with Gasteiger partial charge in [-0.3, -0.25) is 9.59 Å². The maximum absolute atomic E-state index is 12.6. The Bertz CT molecular complexity index is 712. The molecular weight excluding hydrogens is 344 g/mol. The molecule has 8 heteroatoms. The molecule has 0 aliphatic carbocycles. The minimum atomic E-state index is -3.24. The molecule has 1 aliphatic heterocycles. The third-order valence-electron chi connectivity index (χ3n) is 4.64. The lowest BCUT2D eigenvalue weighted by Gasteiger charge is -2.31. The van der Waals surface area contributed by atoms with E-state index >= 15 is 0 Å². The van der Waals surface area contributed by atoms with Crippen molar-refractivity contribution in [1.29, 1.82) is 0 Å². The molecule has 1 fully saturated rings. The van der Waals surface area contributed by atoms with Crippen LogP contribution < -0.4 is 5.32 Å². The van der Waals surface area contributed by atoms with Gasteiger partial charge in [0.15, 0.2) is 0 Å². The summed E-state index contributed by atoms with van der Waals surface area (Å²) in [6.07, 6.45) is 2.02. The van der Waals surface area contributed by atoms with Crippen LogP contribution in [0.1, 0.15) is 31.4 Å². The maximum atomic E-state index is 12.6. The number of rotatable bonds is 6. The molecule has 0 radical (unpaired) electrons. The predicted octanol–water partition coefficient (Wildman–Crippen LogP) is 1.24. The topological polar surface area (TPSA) is 104 Å². The molecule has 0 saturated carbocycles. The Kier molecular flexibility index (Phi) is 6.18. The van der Waals surface area contributed by atoms with Crippen molar-refractivity contribution in [1.82, 2.24) is 9.62 Å². The van der Waals surface area contributed by atoms with E-state index in [9.17, 15) is 23.1 Å². The minimum absolute atomic E-state index is 0.227. The third-order valence-corrected chi connectivity index (χ3v) is 5.94. The van der Waals surface area contributed by atoms with E-state index in [0.717, 1.165) is 11.8 Å². The van der Waals surface area contributed by atoms with E-state index in [-0.39, 0.29) is 11.8 Å². The number of benzene rings is 1. The van der Waals surface area contributed by atoms with Crippen molar-refractivity contribution in [2.75, 3.05) is 19.3 Å². The summed E-state index contributed by atoms with van der Waals surface area (Å²) in [4.78, 5) is 24.0. The van der Waals surface area contributed by atoms with E-state index < -0.39 is 28.0 Å². The van der Waals surface area contributed by atoms with Crippen LogP contribution in [0, 0.1) is 11.8 Å². The minimum Gasteiger partial charge on any atom is -0.481 e. The van der Waals surface area contributed by atoms with Crippen molar-refractivity contribution >= 4 is 21.9 Å². The van der Waals surface area contributed by atoms with Gasteiger partial charge >= 0.3 is 5.97 Å². The standard InChI is InChI=1S/C17H24N2O5S/c1-12(17(21)22)15(13-6-4-3-5-7-13)18-16(20)14-8-10-19(11-9-14)25(2,23)24/h3-7,12,14-15H,8-11H2,1-2H3,(H,18,20)(H,21,22). The first-order chi connectivity index (χ1) is 11.7.